The molecule has 8 nitrogen and oxygen atoms in total. The van der Waals surface area contributed by atoms with Crippen molar-refractivity contribution in [2.24, 2.45) is 11.8 Å². The van der Waals surface area contributed by atoms with Crippen molar-refractivity contribution >= 4 is 17.7 Å². The van der Waals surface area contributed by atoms with Crippen molar-refractivity contribution in [3.8, 4) is 0 Å². The zero-order chi connectivity index (χ0) is 36.0. The Balaban J connectivity index is 2.00. The van der Waals surface area contributed by atoms with Crippen LogP contribution in [0.3, 0.4) is 0 Å². The SMILES string of the molecule is CCCCCCCCCCCCCCCCCC(=O)OC[C@@H](O)COC(=O)CCCCCC[C@H]1[C@@H](O)CC(=O)[C@@H]1/C=C/[C@@H](O)CCCCC. The Hall–Kier alpha value is -1.77. The molecule has 0 saturated heterocycles. The fourth-order valence-corrected chi connectivity index (χ4v) is 6.76. The van der Waals surface area contributed by atoms with Crippen molar-refractivity contribution < 1.29 is 39.2 Å². The van der Waals surface area contributed by atoms with Gasteiger partial charge in [-0.25, -0.2) is 0 Å². The first kappa shape index (κ1) is 45.3. The normalized spacial score (nSPS) is 19.0. The molecular weight excluding hydrogens is 620 g/mol. The summed E-state index contributed by atoms with van der Waals surface area (Å²) in [6, 6.07) is 0. The molecule has 3 N–H and O–H groups in total. The molecule has 0 radical (unpaired) electrons. The van der Waals surface area contributed by atoms with Gasteiger partial charge in [-0.2, -0.15) is 0 Å². The Labute approximate surface area is 299 Å². The summed E-state index contributed by atoms with van der Waals surface area (Å²) in [4.78, 5) is 36.5. The largest absolute Gasteiger partial charge is 0.463 e. The van der Waals surface area contributed by atoms with Crippen LogP contribution in [0.4, 0.5) is 0 Å². The molecular formula is C41H74O8. The third kappa shape index (κ3) is 24.9. The van der Waals surface area contributed by atoms with Gasteiger partial charge >= 0.3 is 11.9 Å². The Morgan fingerprint density at radius 2 is 1.10 bits per heavy atom. The van der Waals surface area contributed by atoms with Gasteiger partial charge in [0.15, 0.2) is 0 Å². The fourth-order valence-electron chi connectivity index (χ4n) is 6.76. The molecule has 0 aromatic heterocycles. The number of ketones is 1. The van der Waals surface area contributed by atoms with Gasteiger partial charge in [-0.15, -0.1) is 0 Å². The minimum atomic E-state index is -1.03. The van der Waals surface area contributed by atoms with E-state index < -0.39 is 18.3 Å². The Kier molecular flexibility index (Phi) is 28.6. The highest BCUT2D eigenvalue weighted by atomic mass is 16.6. The molecule has 1 aliphatic carbocycles. The van der Waals surface area contributed by atoms with Crippen molar-refractivity contribution in [2.45, 2.75) is 206 Å². The number of allylic oxidation sites excluding steroid dienone is 1. The molecule has 0 amide bonds. The van der Waals surface area contributed by atoms with Crippen molar-refractivity contribution in [3.05, 3.63) is 12.2 Å². The summed E-state index contributed by atoms with van der Waals surface area (Å²) in [5.74, 6) is -1.14. The zero-order valence-electron chi connectivity index (χ0n) is 31.4. The van der Waals surface area contributed by atoms with Gasteiger partial charge in [0.2, 0.25) is 0 Å². The predicted molar refractivity (Wildman–Crippen MR) is 197 cm³/mol. The number of ether oxygens (including phenoxy) is 2. The van der Waals surface area contributed by atoms with E-state index in [0.717, 1.165) is 64.2 Å². The Morgan fingerprint density at radius 1 is 0.673 bits per heavy atom. The molecule has 0 heterocycles. The molecule has 5 atom stereocenters. The number of hydrogen-bond donors (Lipinski definition) is 3. The number of aliphatic hydroxyl groups is 3. The molecule has 49 heavy (non-hydrogen) atoms. The number of carbonyl (C=O) groups excluding carboxylic acids is 3. The Bertz CT molecular complexity index is 858. The summed E-state index contributed by atoms with van der Waals surface area (Å²) >= 11 is 0. The molecule has 1 rings (SSSR count). The van der Waals surface area contributed by atoms with Crippen molar-refractivity contribution in [3.63, 3.8) is 0 Å². The first-order chi connectivity index (χ1) is 23.8. The molecule has 8 heteroatoms. The van der Waals surface area contributed by atoms with Crippen LogP contribution < -0.4 is 0 Å². The smallest absolute Gasteiger partial charge is 0.305 e. The second kappa shape index (κ2) is 31.0. The predicted octanol–water partition coefficient (Wildman–Crippen LogP) is 9.10. The lowest BCUT2D eigenvalue weighted by molar-refractivity contribution is -0.152. The van der Waals surface area contributed by atoms with Crippen LogP contribution in [0.15, 0.2) is 12.2 Å². The zero-order valence-corrected chi connectivity index (χ0v) is 31.4. The number of hydrogen-bond acceptors (Lipinski definition) is 8. The molecule has 1 fully saturated rings. The maximum Gasteiger partial charge on any atom is 0.305 e. The minimum Gasteiger partial charge on any atom is -0.463 e. The Morgan fingerprint density at radius 3 is 1.59 bits per heavy atom. The number of carbonyl (C=O) groups is 3. The standard InChI is InChI=1S/C41H74O8/c1-3-5-7-8-9-10-11-12-13-14-15-16-17-18-23-27-40(46)48-32-35(43)33-49-41(47)28-24-20-19-22-26-36-37(39(45)31-38(36)44)30-29-34(42)25-21-6-4-2/h29-30,34-38,42-44H,3-28,31-33H2,1-2H3/b30-29+/t34-,35+,36+,37+,38-/m0/s1. The fraction of sp³-hybridized carbons (Fsp3) is 0.878. The highest BCUT2D eigenvalue weighted by molar-refractivity contribution is 5.86. The van der Waals surface area contributed by atoms with E-state index in [1.165, 1.54) is 77.0 Å². The van der Waals surface area contributed by atoms with Crippen molar-refractivity contribution in [2.75, 3.05) is 13.2 Å². The first-order valence-electron chi connectivity index (χ1n) is 20.3. The highest BCUT2D eigenvalue weighted by Gasteiger charge is 2.39. The van der Waals surface area contributed by atoms with E-state index in [1.807, 2.05) is 0 Å². The lowest BCUT2D eigenvalue weighted by Gasteiger charge is -2.19. The average molecular weight is 695 g/mol. The summed E-state index contributed by atoms with van der Waals surface area (Å²) < 4.78 is 10.3. The lowest BCUT2D eigenvalue weighted by Crippen LogP contribution is -2.25. The van der Waals surface area contributed by atoms with E-state index in [1.54, 1.807) is 12.2 Å². The topological polar surface area (TPSA) is 130 Å². The summed E-state index contributed by atoms with van der Waals surface area (Å²) in [5, 5.41) is 30.6. The third-order valence-electron chi connectivity index (χ3n) is 9.91. The molecule has 0 aliphatic heterocycles. The number of Topliss-reactive ketones (excluding diaryl/α,β-unsaturated/α-hetero) is 1. The van der Waals surface area contributed by atoms with Crippen LogP contribution in [0, 0.1) is 11.8 Å². The number of unbranched alkanes of at least 4 members (excludes halogenated alkanes) is 19. The van der Waals surface area contributed by atoms with Crippen molar-refractivity contribution in [1.29, 1.82) is 0 Å². The molecule has 1 aliphatic rings. The maximum atomic E-state index is 12.4. The molecule has 0 aromatic rings. The van der Waals surface area contributed by atoms with E-state index in [4.69, 9.17) is 9.47 Å². The number of aliphatic hydroxyl groups excluding tert-OH is 3. The second-order valence-electron chi connectivity index (χ2n) is 14.5. The molecule has 286 valence electrons. The molecule has 0 aromatic carbocycles. The van der Waals surface area contributed by atoms with E-state index >= 15 is 0 Å². The first-order valence-corrected chi connectivity index (χ1v) is 20.3. The van der Waals surface area contributed by atoms with Crippen LogP contribution in [0.25, 0.3) is 0 Å². The van der Waals surface area contributed by atoms with Crippen LogP contribution in [0.1, 0.15) is 187 Å². The minimum absolute atomic E-state index is 0.0365. The summed E-state index contributed by atoms with van der Waals surface area (Å²) in [6.45, 7) is 4.01. The van der Waals surface area contributed by atoms with Crippen LogP contribution in [0.5, 0.6) is 0 Å². The quantitative estimate of drug-likeness (QED) is 0.0352. The van der Waals surface area contributed by atoms with Gasteiger partial charge in [0, 0.05) is 25.2 Å². The van der Waals surface area contributed by atoms with E-state index in [2.05, 4.69) is 13.8 Å². The lowest BCUT2D eigenvalue weighted by atomic mass is 9.88. The van der Waals surface area contributed by atoms with Gasteiger partial charge in [0.25, 0.3) is 0 Å². The second-order valence-corrected chi connectivity index (χ2v) is 14.5. The molecule has 0 bridgehead atoms. The van der Waals surface area contributed by atoms with Crippen molar-refractivity contribution in [1.82, 2.24) is 0 Å². The van der Waals surface area contributed by atoms with Gasteiger partial charge in [0.1, 0.15) is 25.1 Å². The van der Waals surface area contributed by atoms with Crippen LogP contribution in [0.2, 0.25) is 0 Å². The van der Waals surface area contributed by atoms with E-state index in [-0.39, 0.29) is 55.6 Å². The summed E-state index contributed by atoms with van der Waals surface area (Å²) in [5.41, 5.74) is 0. The number of rotatable bonds is 33. The van der Waals surface area contributed by atoms with E-state index in [9.17, 15) is 29.7 Å². The average Bonchev–Trinajstić information content (AvgIpc) is 3.35. The van der Waals surface area contributed by atoms with Crippen LogP contribution >= 0.6 is 0 Å². The van der Waals surface area contributed by atoms with Gasteiger partial charge in [-0.3, -0.25) is 14.4 Å². The van der Waals surface area contributed by atoms with Gasteiger partial charge in [0.05, 0.1) is 12.2 Å². The highest BCUT2D eigenvalue weighted by Crippen LogP contribution is 2.34. The maximum absolute atomic E-state index is 12.4. The summed E-state index contributed by atoms with van der Waals surface area (Å²) in [7, 11) is 0. The molecule has 0 spiro atoms. The van der Waals surface area contributed by atoms with E-state index in [0.29, 0.717) is 19.3 Å². The summed E-state index contributed by atoms with van der Waals surface area (Å²) in [6.07, 6.45) is 28.8. The molecule has 1 saturated carbocycles. The van der Waals surface area contributed by atoms with Crippen LogP contribution in [-0.4, -0.2) is 64.6 Å². The van der Waals surface area contributed by atoms with Gasteiger partial charge < -0.3 is 24.8 Å². The molecule has 0 unspecified atom stereocenters. The third-order valence-corrected chi connectivity index (χ3v) is 9.91. The van der Waals surface area contributed by atoms with Crippen LogP contribution in [-0.2, 0) is 23.9 Å². The monoisotopic (exact) mass is 695 g/mol. The van der Waals surface area contributed by atoms with Gasteiger partial charge in [-0.05, 0) is 31.6 Å². The van der Waals surface area contributed by atoms with Gasteiger partial charge in [-0.1, -0.05) is 154 Å². The number of esters is 2.